The summed E-state index contributed by atoms with van der Waals surface area (Å²) in [5, 5.41) is 8.68. The Kier molecular flexibility index (Phi) is 4.14. The molecule has 0 saturated heterocycles. The third-order valence-electron chi connectivity index (χ3n) is 3.57. The van der Waals surface area contributed by atoms with Gasteiger partial charge in [-0.05, 0) is 49.4 Å². The Morgan fingerprint density at radius 2 is 2.04 bits per heavy atom. The van der Waals surface area contributed by atoms with Gasteiger partial charge in [0.2, 0.25) is 10.1 Å². The Morgan fingerprint density at radius 3 is 2.80 bits per heavy atom. The molecule has 0 aliphatic rings. The number of rotatable bonds is 4. The van der Waals surface area contributed by atoms with Crippen molar-refractivity contribution in [3.63, 3.8) is 0 Å². The molecule has 4 rings (SSSR count). The quantitative estimate of drug-likeness (QED) is 0.539. The van der Waals surface area contributed by atoms with Gasteiger partial charge in [0.15, 0.2) is 0 Å². The van der Waals surface area contributed by atoms with E-state index in [1.165, 1.54) is 15.9 Å². The summed E-state index contributed by atoms with van der Waals surface area (Å²) >= 11 is 4.71. The lowest BCUT2D eigenvalue weighted by molar-refractivity contribution is 0.340. The van der Waals surface area contributed by atoms with Crippen LogP contribution in [0.3, 0.4) is 0 Å². The highest BCUT2D eigenvalue weighted by atomic mass is 79.9. The molecule has 0 spiro atoms. The normalized spacial score (nSPS) is 11.1. The number of nitrogens with one attached hydrogen (secondary N) is 1. The summed E-state index contributed by atoms with van der Waals surface area (Å²) in [6.45, 7) is 2.57. The molecule has 0 bridgehead atoms. The van der Waals surface area contributed by atoms with Gasteiger partial charge in [0.05, 0.1) is 17.5 Å². The monoisotopic (exact) mass is 416 g/mol. The van der Waals surface area contributed by atoms with Crippen LogP contribution in [0, 0.1) is 0 Å². The van der Waals surface area contributed by atoms with Crippen LogP contribution >= 0.6 is 27.3 Å². The fourth-order valence-electron chi connectivity index (χ4n) is 2.46. The number of hydrogen-bond acceptors (Lipinski definition) is 6. The molecule has 8 heteroatoms. The van der Waals surface area contributed by atoms with E-state index < -0.39 is 0 Å². The number of aromatic nitrogens is 3. The number of nitrogens with zero attached hydrogens (tertiary/aromatic N) is 3. The number of hydrogen-bond donors (Lipinski definition) is 1. The Balaban J connectivity index is 1.72. The van der Waals surface area contributed by atoms with Gasteiger partial charge in [-0.2, -0.15) is 4.52 Å². The Labute approximate surface area is 155 Å². The molecule has 2 aromatic carbocycles. The maximum atomic E-state index is 12.6. The second-order valence-corrected chi connectivity index (χ2v) is 7.13. The number of fused-ring (bicyclic) bond motifs is 2. The van der Waals surface area contributed by atoms with Crippen molar-refractivity contribution in [3.8, 4) is 5.75 Å². The Hall–Kier alpha value is -2.45. The van der Waals surface area contributed by atoms with Crippen molar-refractivity contribution < 1.29 is 4.74 Å². The minimum atomic E-state index is -0.183. The minimum absolute atomic E-state index is 0.183. The summed E-state index contributed by atoms with van der Waals surface area (Å²) in [6.07, 6.45) is 0. The first kappa shape index (κ1) is 16.0. The van der Waals surface area contributed by atoms with E-state index in [0.29, 0.717) is 27.6 Å². The minimum Gasteiger partial charge on any atom is -0.494 e. The van der Waals surface area contributed by atoms with E-state index in [4.69, 9.17) is 4.74 Å². The molecule has 0 unspecified atom stereocenters. The first-order chi connectivity index (χ1) is 12.1. The van der Waals surface area contributed by atoms with Gasteiger partial charge in [0.25, 0.3) is 5.56 Å². The third-order valence-corrected chi connectivity index (χ3v) is 4.89. The molecular weight excluding hydrogens is 404 g/mol. The van der Waals surface area contributed by atoms with Gasteiger partial charge in [-0.25, -0.2) is 4.98 Å². The molecule has 0 aliphatic carbocycles. The summed E-state index contributed by atoms with van der Waals surface area (Å²) in [5.74, 6) is 0.812. The zero-order chi connectivity index (χ0) is 17.4. The standard InChI is InChI=1S/C17H13BrN4O2S/c1-2-24-12-6-4-11(5-7-12)19-16-21-22-15(23)13-9-10(18)3-8-14(13)20-17(22)25-16/h3-9H,2H2,1H3,(H,19,21). The van der Waals surface area contributed by atoms with Gasteiger partial charge >= 0.3 is 0 Å². The number of ether oxygens (including phenoxy) is 1. The van der Waals surface area contributed by atoms with Gasteiger partial charge < -0.3 is 10.1 Å². The maximum absolute atomic E-state index is 12.6. The summed E-state index contributed by atoms with van der Waals surface area (Å²) in [4.78, 5) is 17.7. The van der Waals surface area contributed by atoms with Gasteiger partial charge in [-0.3, -0.25) is 4.79 Å². The molecule has 0 aliphatic heterocycles. The molecule has 25 heavy (non-hydrogen) atoms. The van der Waals surface area contributed by atoms with E-state index >= 15 is 0 Å². The van der Waals surface area contributed by atoms with Crippen molar-refractivity contribution in [2.45, 2.75) is 6.92 Å². The largest absolute Gasteiger partial charge is 0.494 e. The van der Waals surface area contributed by atoms with Crippen LogP contribution < -0.4 is 15.6 Å². The van der Waals surface area contributed by atoms with E-state index in [1.54, 1.807) is 6.07 Å². The van der Waals surface area contributed by atoms with Crippen molar-refractivity contribution in [2.24, 2.45) is 0 Å². The smallest absolute Gasteiger partial charge is 0.283 e. The summed E-state index contributed by atoms with van der Waals surface area (Å²) in [5.41, 5.74) is 1.34. The lowest BCUT2D eigenvalue weighted by atomic mass is 10.2. The van der Waals surface area contributed by atoms with Crippen LogP contribution in [-0.2, 0) is 0 Å². The molecule has 1 N–H and O–H groups in total. The van der Waals surface area contributed by atoms with Crippen LogP contribution in [0.5, 0.6) is 5.75 Å². The highest BCUT2D eigenvalue weighted by molar-refractivity contribution is 9.10. The molecule has 6 nitrogen and oxygen atoms in total. The topological polar surface area (TPSA) is 68.5 Å². The zero-order valence-corrected chi connectivity index (χ0v) is 15.6. The van der Waals surface area contributed by atoms with Crippen LogP contribution in [0.4, 0.5) is 10.8 Å². The highest BCUT2D eigenvalue weighted by Gasteiger charge is 2.11. The average molecular weight is 417 g/mol. The molecule has 0 atom stereocenters. The molecule has 2 aromatic heterocycles. The average Bonchev–Trinajstić information content (AvgIpc) is 3.00. The molecule has 0 fully saturated rings. The second kappa shape index (κ2) is 6.45. The van der Waals surface area contributed by atoms with Crippen molar-refractivity contribution in [1.82, 2.24) is 14.6 Å². The van der Waals surface area contributed by atoms with Gasteiger partial charge in [0, 0.05) is 10.2 Å². The fraction of sp³-hybridized carbons (Fsp3) is 0.118. The van der Waals surface area contributed by atoms with Crippen molar-refractivity contribution >= 4 is 53.9 Å². The fourth-order valence-corrected chi connectivity index (χ4v) is 3.64. The lowest BCUT2D eigenvalue weighted by Gasteiger charge is -2.04. The first-order valence-corrected chi connectivity index (χ1v) is 9.24. The highest BCUT2D eigenvalue weighted by Crippen LogP contribution is 2.25. The number of anilines is 2. The van der Waals surface area contributed by atoms with Gasteiger partial charge in [-0.1, -0.05) is 27.3 Å². The summed E-state index contributed by atoms with van der Waals surface area (Å²) in [7, 11) is 0. The molecular formula is C17H13BrN4O2S. The van der Waals surface area contributed by atoms with Crippen LogP contribution in [-0.4, -0.2) is 21.2 Å². The Morgan fingerprint density at radius 1 is 1.24 bits per heavy atom. The molecule has 2 heterocycles. The lowest BCUT2D eigenvalue weighted by Crippen LogP contribution is -2.15. The number of benzene rings is 2. The van der Waals surface area contributed by atoms with Crippen LogP contribution in [0.25, 0.3) is 15.9 Å². The predicted octanol–water partition coefficient (Wildman–Crippen LogP) is 4.21. The van der Waals surface area contributed by atoms with Gasteiger partial charge in [-0.15, -0.1) is 5.10 Å². The molecule has 4 aromatic rings. The van der Waals surface area contributed by atoms with Crippen LogP contribution in [0.15, 0.2) is 51.7 Å². The third kappa shape index (κ3) is 3.10. The van der Waals surface area contributed by atoms with E-state index in [9.17, 15) is 4.79 Å². The van der Waals surface area contributed by atoms with E-state index in [0.717, 1.165) is 15.9 Å². The van der Waals surface area contributed by atoms with E-state index in [-0.39, 0.29) is 5.56 Å². The zero-order valence-electron chi connectivity index (χ0n) is 13.2. The van der Waals surface area contributed by atoms with E-state index in [2.05, 4.69) is 31.3 Å². The first-order valence-electron chi connectivity index (χ1n) is 7.63. The Bertz CT molecular complexity index is 1120. The van der Waals surface area contributed by atoms with Crippen molar-refractivity contribution in [3.05, 3.63) is 57.3 Å². The van der Waals surface area contributed by atoms with Gasteiger partial charge in [0.1, 0.15) is 5.75 Å². The molecule has 0 amide bonds. The van der Waals surface area contributed by atoms with Crippen molar-refractivity contribution in [1.29, 1.82) is 0 Å². The second-order valence-electron chi connectivity index (χ2n) is 5.26. The SMILES string of the molecule is CCOc1ccc(Nc2nn3c(=O)c4cc(Br)ccc4nc3s2)cc1. The maximum Gasteiger partial charge on any atom is 0.283 e. The molecule has 0 radical (unpaired) electrons. The molecule has 126 valence electrons. The molecule has 0 saturated carbocycles. The van der Waals surface area contributed by atoms with Crippen LogP contribution in [0.2, 0.25) is 0 Å². The summed E-state index contributed by atoms with van der Waals surface area (Å²) < 4.78 is 7.59. The van der Waals surface area contributed by atoms with Crippen molar-refractivity contribution in [2.75, 3.05) is 11.9 Å². The predicted molar refractivity (Wildman–Crippen MR) is 103 cm³/mol. The van der Waals surface area contributed by atoms with Crippen LogP contribution in [0.1, 0.15) is 6.92 Å². The summed E-state index contributed by atoms with van der Waals surface area (Å²) in [6, 6.07) is 13.0. The van der Waals surface area contributed by atoms with E-state index in [1.807, 2.05) is 43.3 Å². The number of halogens is 1.